The molecule has 1 rings (SSSR count). The molecular weight excluding hydrogens is 226 g/mol. The molecule has 18 heavy (non-hydrogen) atoms. The van der Waals surface area contributed by atoms with Crippen LogP contribution in [0, 0.1) is 6.92 Å². The van der Waals surface area contributed by atoms with E-state index in [1.807, 2.05) is 38.1 Å². The van der Waals surface area contributed by atoms with Gasteiger partial charge in [-0.3, -0.25) is 4.79 Å². The minimum absolute atomic E-state index is 0.0588. The summed E-state index contributed by atoms with van der Waals surface area (Å²) < 4.78 is 5.60. The number of aryl methyl sites for hydroxylation is 1. The minimum atomic E-state index is -0.466. The lowest BCUT2D eigenvalue weighted by molar-refractivity contribution is -0.127. The van der Waals surface area contributed by atoms with Gasteiger partial charge in [0.1, 0.15) is 5.75 Å². The summed E-state index contributed by atoms with van der Waals surface area (Å²) in [5.74, 6) is 0.669. The van der Waals surface area contributed by atoms with E-state index in [-0.39, 0.29) is 11.9 Å². The second kappa shape index (κ2) is 7.04. The van der Waals surface area contributed by atoms with Crippen molar-refractivity contribution < 1.29 is 9.53 Å². The normalized spacial score (nSPS) is 13.8. The smallest absolute Gasteiger partial charge is 0.260 e. The van der Waals surface area contributed by atoms with Crippen LogP contribution in [0.5, 0.6) is 5.75 Å². The lowest BCUT2D eigenvalue weighted by atomic mass is 10.2. The molecule has 0 saturated heterocycles. The highest BCUT2D eigenvalue weighted by Crippen LogP contribution is 2.13. The summed E-state index contributed by atoms with van der Waals surface area (Å²) in [7, 11) is 0. The van der Waals surface area contributed by atoms with Gasteiger partial charge in [-0.15, -0.1) is 0 Å². The first-order valence-electron chi connectivity index (χ1n) is 6.56. The number of amides is 1. The predicted octanol–water partition coefficient (Wildman–Crippen LogP) is 3.07. The molecule has 0 aliphatic rings. The van der Waals surface area contributed by atoms with Crippen LogP contribution < -0.4 is 10.1 Å². The highest BCUT2D eigenvalue weighted by molar-refractivity contribution is 5.80. The van der Waals surface area contributed by atoms with Crippen LogP contribution in [-0.4, -0.2) is 18.1 Å². The number of carbonyl (C=O) groups excluding carboxylic acids is 1. The Labute approximate surface area is 110 Å². The van der Waals surface area contributed by atoms with Gasteiger partial charge in [-0.25, -0.2) is 0 Å². The Morgan fingerprint density at radius 3 is 2.44 bits per heavy atom. The van der Waals surface area contributed by atoms with E-state index in [0.717, 1.165) is 18.6 Å². The van der Waals surface area contributed by atoms with Gasteiger partial charge >= 0.3 is 0 Å². The predicted molar refractivity (Wildman–Crippen MR) is 73.8 cm³/mol. The van der Waals surface area contributed by atoms with Crippen LogP contribution in [0.25, 0.3) is 0 Å². The molecule has 1 aromatic rings. The zero-order valence-electron chi connectivity index (χ0n) is 11.7. The summed E-state index contributed by atoms with van der Waals surface area (Å²) in [4.78, 5) is 11.9. The van der Waals surface area contributed by atoms with Gasteiger partial charge in [0, 0.05) is 6.04 Å². The van der Waals surface area contributed by atoms with Gasteiger partial charge in [-0.2, -0.15) is 0 Å². The van der Waals surface area contributed by atoms with Crippen LogP contribution in [-0.2, 0) is 4.79 Å². The molecule has 0 heterocycles. The number of benzene rings is 1. The number of carbonyl (C=O) groups is 1. The van der Waals surface area contributed by atoms with E-state index in [1.54, 1.807) is 6.92 Å². The summed E-state index contributed by atoms with van der Waals surface area (Å²) in [6.07, 6.45) is 1.59. The molecule has 3 heteroatoms. The van der Waals surface area contributed by atoms with Crippen molar-refractivity contribution in [1.82, 2.24) is 5.32 Å². The molecule has 100 valence electrons. The van der Waals surface area contributed by atoms with E-state index < -0.39 is 6.10 Å². The van der Waals surface area contributed by atoms with Crippen LogP contribution in [0.3, 0.4) is 0 Å². The third-order valence-corrected chi connectivity index (χ3v) is 2.81. The van der Waals surface area contributed by atoms with Crippen LogP contribution >= 0.6 is 0 Å². The summed E-state index contributed by atoms with van der Waals surface area (Å²) in [5, 5.41) is 2.95. The van der Waals surface area contributed by atoms with Gasteiger partial charge in [-0.1, -0.05) is 31.0 Å². The summed E-state index contributed by atoms with van der Waals surface area (Å²) in [6, 6.07) is 7.91. The molecule has 0 fully saturated rings. The van der Waals surface area contributed by atoms with Crippen molar-refractivity contribution in [2.75, 3.05) is 0 Å². The highest BCUT2D eigenvalue weighted by atomic mass is 16.5. The first-order chi connectivity index (χ1) is 8.52. The Hall–Kier alpha value is -1.51. The second-order valence-corrected chi connectivity index (χ2v) is 4.77. The van der Waals surface area contributed by atoms with Crippen molar-refractivity contribution in [2.24, 2.45) is 0 Å². The molecule has 2 atom stereocenters. The Morgan fingerprint density at radius 1 is 1.28 bits per heavy atom. The highest BCUT2D eigenvalue weighted by Gasteiger charge is 2.16. The van der Waals surface area contributed by atoms with Crippen LogP contribution in [0.1, 0.15) is 39.2 Å². The first-order valence-corrected chi connectivity index (χ1v) is 6.56. The fourth-order valence-corrected chi connectivity index (χ4v) is 1.74. The van der Waals surface area contributed by atoms with Gasteiger partial charge < -0.3 is 10.1 Å². The molecule has 1 aromatic carbocycles. The van der Waals surface area contributed by atoms with E-state index in [2.05, 4.69) is 12.2 Å². The third kappa shape index (κ3) is 4.78. The Bertz CT molecular complexity index is 373. The topological polar surface area (TPSA) is 38.3 Å². The monoisotopic (exact) mass is 249 g/mol. The lowest BCUT2D eigenvalue weighted by Crippen LogP contribution is -2.41. The van der Waals surface area contributed by atoms with Gasteiger partial charge in [0.25, 0.3) is 5.91 Å². The molecule has 1 amide bonds. The fourth-order valence-electron chi connectivity index (χ4n) is 1.74. The van der Waals surface area contributed by atoms with Crippen molar-refractivity contribution in [3.63, 3.8) is 0 Å². The Balaban J connectivity index is 2.46. The van der Waals surface area contributed by atoms with Gasteiger partial charge in [0.05, 0.1) is 0 Å². The summed E-state index contributed by atoms with van der Waals surface area (Å²) in [6.45, 7) is 7.91. The molecule has 0 aliphatic carbocycles. The number of rotatable bonds is 6. The number of hydrogen-bond donors (Lipinski definition) is 1. The molecule has 0 spiro atoms. The fraction of sp³-hybridized carbons (Fsp3) is 0.533. The molecule has 1 N–H and O–H groups in total. The number of ether oxygens (including phenoxy) is 1. The molecule has 0 aliphatic heterocycles. The van der Waals surface area contributed by atoms with Crippen molar-refractivity contribution in [3.05, 3.63) is 29.8 Å². The van der Waals surface area contributed by atoms with E-state index >= 15 is 0 Å². The molecule has 0 radical (unpaired) electrons. The minimum Gasteiger partial charge on any atom is -0.481 e. The molecule has 0 bridgehead atoms. The van der Waals surface area contributed by atoms with Gasteiger partial charge in [0.15, 0.2) is 6.10 Å². The number of nitrogens with one attached hydrogen (secondary N) is 1. The van der Waals surface area contributed by atoms with E-state index in [9.17, 15) is 4.79 Å². The molecular formula is C15H23NO2. The average molecular weight is 249 g/mol. The average Bonchev–Trinajstić information content (AvgIpc) is 2.32. The lowest BCUT2D eigenvalue weighted by Gasteiger charge is -2.18. The molecule has 0 aromatic heterocycles. The van der Waals surface area contributed by atoms with E-state index in [0.29, 0.717) is 0 Å². The Kier molecular flexibility index (Phi) is 5.69. The van der Waals surface area contributed by atoms with Crippen molar-refractivity contribution in [3.8, 4) is 5.75 Å². The van der Waals surface area contributed by atoms with Gasteiger partial charge in [-0.05, 0) is 39.3 Å². The summed E-state index contributed by atoms with van der Waals surface area (Å²) >= 11 is 0. The first kappa shape index (κ1) is 14.6. The van der Waals surface area contributed by atoms with Crippen LogP contribution in [0.2, 0.25) is 0 Å². The SMILES string of the molecule is CCC[C@@H](C)NC(=O)[C@@H](C)Oc1ccc(C)cc1. The maximum absolute atomic E-state index is 11.9. The standard InChI is InChI=1S/C15H23NO2/c1-5-6-12(3)16-15(17)13(4)18-14-9-7-11(2)8-10-14/h7-10,12-13H,5-6H2,1-4H3,(H,16,17)/t12-,13-/m1/s1. The maximum atomic E-state index is 11.9. The van der Waals surface area contributed by atoms with E-state index in [4.69, 9.17) is 4.74 Å². The quantitative estimate of drug-likeness (QED) is 0.841. The largest absolute Gasteiger partial charge is 0.481 e. The van der Waals surface area contributed by atoms with Gasteiger partial charge in [0.2, 0.25) is 0 Å². The molecule has 0 unspecified atom stereocenters. The van der Waals surface area contributed by atoms with Crippen molar-refractivity contribution in [2.45, 2.75) is 52.7 Å². The third-order valence-electron chi connectivity index (χ3n) is 2.81. The van der Waals surface area contributed by atoms with Crippen molar-refractivity contribution in [1.29, 1.82) is 0 Å². The Morgan fingerprint density at radius 2 is 1.89 bits per heavy atom. The molecule has 0 saturated carbocycles. The van der Waals surface area contributed by atoms with Crippen molar-refractivity contribution >= 4 is 5.91 Å². The van der Waals surface area contributed by atoms with Crippen LogP contribution in [0.4, 0.5) is 0 Å². The second-order valence-electron chi connectivity index (χ2n) is 4.77. The molecule has 3 nitrogen and oxygen atoms in total. The zero-order valence-corrected chi connectivity index (χ0v) is 11.7. The zero-order chi connectivity index (χ0) is 13.5. The maximum Gasteiger partial charge on any atom is 0.260 e. The number of hydrogen-bond acceptors (Lipinski definition) is 2. The summed E-state index contributed by atoms with van der Waals surface area (Å²) in [5.41, 5.74) is 1.18. The van der Waals surface area contributed by atoms with E-state index in [1.165, 1.54) is 5.56 Å². The van der Waals surface area contributed by atoms with Crippen LogP contribution in [0.15, 0.2) is 24.3 Å².